The summed E-state index contributed by atoms with van der Waals surface area (Å²) in [6.07, 6.45) is -4.50. The average molecular weight is 396 g/mol. The maximum absolute atomic E-state index is 13.2. The monoisotopic (exact) mass is 396 g/mol. The number of nitrogens with zero attached hydrogens (tertiary/aromatic N) is 2. The zero-order chi connectivity index (χ0) is 20.6. The van der Waals surface area contributed by atoms with Crippen LogP contribution in [0.5, 0.6) is 0 Å². The molecule has 0 radical (unpaired) electrons. The molecule has 1 aliphatic heterocycles. The number of para-hydroxylation sites is 1. The summed E-state index contributed by atoms with van der Waals surface area (Å²) in [5, 5.41) is 9.39. The number of benzene rings is 3. The smallest absolute Gasteiger partial charge is 0.392 e. The molecule has 0 aliphatic carbocycles. The third-order valence-electron chi connectivity index (χ3n) is 4.57. The molecule has 1 amide bonds. The molecule has 0 saturated carbocycles. The number of aliphatic imine (C=N–C) groups is 1. The Hall–Kier alpha value is -3.45. The molecule has 4 rings (SSSR count). The molecule has 0 spiro atoms. The summed E-state index contributed by atoms with van der Waals surface area (Å²) in [6, 6.07) is 18.4. The summed E-state index contributed by atoms with van der Waals surface area (Å²) in [4.78, 5) is 18.9. The van der Waals surface area contributed by atoms with Crippen LogP contribution in [0.25, 0.3) is 0 Å². The van der Waals surface area contributed by atoms with Crippen LogP contribution in [-0.4, -0.2) is 16.7 Å². The minimum atomic E-state index is -4.50. The Bertz CT molecular complexity index is 1120. The van der Waals surface area contributed by atoms with E-state index in [4.69, 9.17) is 0 Å². The summed E-state index contributed by atoms with van der Waals surface area (Å²) in [5.41, 5.74) is 1.57. The van der Waals surface area contributed by atoms with Gasteiger partial charge in [0.15, 0.2) is 0 Å². The van der Waals surface area contributed by atoms with Crippen molar-refractivity contribution in [1.29, 1.82) is 0 Å². The van der Waals surface area contributed by atoms with E-state index in [0.717, 1.165) is 12.1 Å². The van der Waals surface area contributed by atoms with Gasteiger partial charge in [-0.05, 0) is 42.0 Å². The van der Waals surface area contributed by atoms with Gasteiger partial charge in [0, 0.05) is 11.3 Å². The van der Waals surface area contributed by atoms with Crippen LogP contribution in [-0.2, 0) is 17.6 Å². The van der Waals surface area contributed by atoms with Gasteiger partial charge in [-0.1, -0.05) is 36.4 Å². The van der Waals surface area contributed by atoms with Crippen LogP contribution in [0.3, 0.4) is 0 Å². The molecule has 1 N–H and O–H groups in total. The molecule has 1 aliphatic rings. The maximum atomic E-state index is 13.2. The third kappa shape index (κ3) is 3.52. The number of carbonyl (C=O) groups is 1. The number of amides is 1. The van der Waals surface area contributed by atoms with Gasteiger partial charge in [0.25, 0.3) is 5.91 Å². The van der Waals surface area contributed by atoms with Gasteiger partial charge in [0.05, 0.1) is 23.5 Å². The van der Waals surface area contributed by atoms with Gasteiger partial charge in [0.2, 0.25) is 0 Å². The molecule has 0 bridgehead atoms. The van der Waals surface area contributed by atoms with Crippen molar-refractivity contribution >= 4 is 28.7 Å². The highest BCUT2D eigenvalue weighted by atomic mass is 19.4. The highest BCUT2D eigenvalue weighted by Gasteiger charge is 2.35. The minimum absolute atomic E-state index is 0.0453. The molecule has 1 heterocycles. The first-order chi connectivity index (χ1) is 13.9. The second kappa shape index (κ2) is 7.18. The van der Waals surface area contributed by atoms with Gasteiger partial charge in [-0.3, -0.25) is 9.69 Å². The molecule has 146 valence electrons. The van der Waals surface area contributed by atoms with Crippen molar-refractivity contribution in [3.05, 3.63) is 89.5 Å². The fraction of sp³-hybridized carbons (Fsp3) is 0.0909. The number of fused-ring (bicyclic) bond motifs is 1. The lowest BCUT2D eigenvalue weighted by molar-refractivity contribution is -0.137. The molecule has 3 aromatic carbocycles. The Kier molecular flexibility index (Phi) is 4.68. The second-order valence-corrected chi connectivity index (χ2v) is 6.49. The van der Waals surface area contributed by atoms with Crippen molar-refractivity contribution in [3.63, 3.8) is 0 Å². The largest absolute Gasteiger partial charge is 0.416 e. The Morgan fingerprint density at radius 2 is 1.69 bits per heavy atom. The van der Waals surface area contributed by atoms with Gasteiger partial charge >= 0.3 is 6.18 Å². The van der Waals surface area contributed by atoms with E-state index in [-0.39, 0.29) is 18.0 Å². The Morgan fingerprint density at radius 3 is 2.45 bits per heavy atom. The SMILES string of the molecule is O=C1C(=Nc2cccc(C(F)(F)F)c2)c2ccccc2N1c1cccc(CO)c1. The van der Waals surface area contributed by atoms with Crippen molar-refractivity contribution in [2.45, 2.75) is 12.8 Å². The van der Waals surface area contributed by atoms with Gasteiger partial charge in [0.1, 0.15) is 5.71 Å². The molecular weight excluding hydrogens is 381 g/mol. The lowest BCUT2D eigenvalue weighted by Gasteiger charge is -2.17. The first kappa shape index (κ1) is 18.9. The van der Waals surface area contributed by atoms with Crippen molar-refractivity contribution in [3.8, 4) is 0 Å². The van der Waals surface area contributed by atoms with E-state index < -0.39 is 17.6 Å². The van der Waals surface area contributed by atoms with E-state index in [1.165, 1.54) is 17.0 Å². The summed E-state index contributed by atoms with van der Waals surface area (Å²) >= 11 is 0. The minimum Gasteiger partial charge on any atom is -0.392 e. The Balaban J connectivity index is 1.82. The normalized spacial score (nSPS) is 15.1. The van der Waals surface area contributed by atoms with Crippen LogP contribution in [0.2, 0.25) is 0 Å². The topological polar surface area (TPSA) is 52.9 Å². The molecule has 29 heavy (non-hydrogen) atoms. The summed E-state index contributed by atoms with van der Waals surface area (Å²) in [7, 11) is 0. The van der Waals surface area contributed by atoms with E-state index in [2.05, 4.69) is 4.99 Å². The number of aliphatic hydroxyl groups is 1. The summed E-state index contributed by atoms with van der Waals surface area (Å²) < 4.78 is 39.0. The number of carbonyl (C=O) groups excluding carboxylic acids is 1. The average Bonchev–Trinajstić information content (AvgIpc) is 2.99. The molecule has 7 heteroatoms. The molecule has 0 aromatic heterocycles. The number of anilines is 2. The second-order valence-electron chi connectivity index (χ2n) is 6.49. The van der Waals surface area contributed by atoms with Crippen molar-refractivity contribution in [2.24, 2.45) is 4.99 Å². The van der Waals surface area contributed by atoms with E-state index >= 15 is 0 Å². The highest BCUT2D eigenvalue weighted by Crippen LogP contribution is 2.37. The van der Waals surface area contributed by atoms with Crippen molar-refractivity contribution in [1.82, 2.24) is 0 Å². The molecular formula is C22H15F3N2O2. The Morgan fingerprint density at radius 1 is 0.931 bits per heavy atom. The van der Waals surface area contributed by atoms with E-state index in [1.807, 2.05) is 0 Å². The van der Waals surface area contributed by atoms with Crippen LogP contribution < -0.4 is 4.90 Å². The summed E-state index contributed by atoms with van der Waals surface area (Å²) in [5.74, 6) is -0.446. The number of hydrogen-bond donors (Lipinski definition) is 1. The zero-order valence-electron chi connectivity index (χ0n) is 15.0. The number of aliphatic hydroxyl groups excluding tert-OH is 1. The lowest BCUT2D eigenvalue weighted by atomic mass is 10.1. The molecule has 4 nitrogen and oxygen atoms in total. The maximum Gasteiger partial charge on any atom is 0.416 e. The predicted molar refractivity (Wildman–Crippen MR) is 104 cm³/mol. The third-order valence-corrected chi connectivity index (χ3v) is 4.57. The highest BCUT2D eigenvalue weighted by molar-refractivity contribution is 6.56. The summed E-state index contributed by atoms with van der Waals surface area (Å²) in [6.45, 7) is -0.178. The van der Waals surface area contributed by atoms with Crippen LogP contribution in [0.15, 0.2) is 77.8 Å². The first-order valence-corrected chi connectivity index (χ1v) is 8.78. The number of alkyl halides is 3. The predicted octanol–water partition coefficient (Wildman–Crippen LogP) is 5.00. The van der Waals surface area contributed by atoms with E-state index in [0.29, 0.717) is 22.5 Å². The zero-order valence-corrected chi connectivity index (χ0v) is 15.0. The van der Waals surface area contributed by atoms with Gasteiger partial charge in [-0.2, -0.15) is 13.2 Å². The number of hydrogen-bond acceptors (Lipinski definition) is 3. The Labute approximate surface area is 164 Å². The van der Waals surface area contributed by atoms with Crippen LogP contribution in [0.4, 0.5) is 30.2 Å². The molecule has 3 aromatic rings. The number of rotatable bonds is 3. The molecule has 0 fully saturated rings. The molecule has 0 unspecified atom stereocenters. The standard InChI is InChI=1S/C22H15F3N2O2/c23-22(24,25)15-6-4-7-16(12-15)26-20-18-9-1-2-10-19(18)27(21(20)29)17-8-3-5-14(11-17)13-28/h1-12,28H,13H2. The van der Waals surface area contributed by atoms with Gasteiger partial charge < -0.3 is 5.11 Å². The lowest BCUT2D eigenvalue weighted by Crippen LogP contribution is -2.25. The van der Waals surface area contributed by atoms with Crippen LogP contribution in [0.1, 0.15) is 16.7 Å². The van der Waals surface area contributed by atoms with Crippen molar-refractivity contribution < 1.29 is 23.1 Å². The fourth-order valence-electron chi connectivity index (χ4n) is 3.24. The molecule has 0 atom stereocenters. The van der Waals surface area contributed by atoms with E-state index in [1.54, 1.807) is 48.5 Å². The van der Waals surface area contributed by atoms with Gasteiger partial charge in [-0.25, -0.2) is 4.99 Å². The van der Waals surface area contributed by atoms with Crippen molar-refractivity contribution in [2.75, 3.05) is 4.90 Å². The molecule has 0 saturated heterocycles. The van der Waals surface area contributed by atoms with Crippen LogP contribution >= 0.6 is 0 Å². The van der Waals surface area contributed by atoms with E-state index in [9.17, 15) is 23.1 Å². The first-order valence-electron chi connectivity index (χ1n) is 8.78. The quantitative estimate of drug-likeness (QED) is 0.678. The van der Waals surface area contributed by atoms with Gasteiger partial charge in [-0.15, -0.1) is 0 Å². The van der Waals surface area contributed by atoms with Crippen LogP contribution in [0, 0.1) is 0 Å². The fourth-order valence-corrected chi connectivity index (χ4v) is 3.24. The number of halogens is 3.